The molecule has 0 atom stereocenters. The van der Waals surface area contributed by atoms with Crippen molar-refractivity contribution in [3.63, 3.8) is 0 Å². The molecule has 0 saturated heterocycles. The first-order valence-electron chi connectivity index (χ1n) is 6.62. The first kappa shape index (κ1) is 15.3. The maximum Gasteiger partial charge on any atom is 0.362 e. The number of hydrogen-bond acceptors (Lipinski definition) is 6. The molecule has 0 spiro atoms. The van der Waals surface area contributed by atoms with Crippen molar-refractivity contribution in [2.75, 3.05) is 14.2 Å². The molecule has 0 fully saturated rings. The zero-order chi connectivity index (χ0) is 15.7. The Morgan fingerprint density at radius 2 is 1.91 bits per heavy atom. The molecule has 0 unspecified atom stereocenters. The lowest BCUT2D eigenvalue weighted by atomic mass is 10.2. The van der Waals surface area contributed by atoms with Crippen LogP contribution in [0.5, 0.6) is 0 Å². The number of hydrogen-bond donors (Lipinski definition) is 0. The Bertz CT molecular complexity index is 837. The molecule has 7 heteroatoms. The molecule has 2 aromatic heterocycles. The Kier molecular flexibility index (Phi) is 4.10. The van der Waals surface area contributed by atoms with Gasteiger partial charge < -0.3 is 9.05 Å². The van der Waals surface area contributed by atoms with Gasteiger partial charge in [-0.25, -0.2) is 4.98 Å². The van der Waals surface area contributed by atoms with Crippen LogP contribution in [0.25, 0.3) is 20.9 Å². The monoisotopic (exact) mass is 334 g/mol. The average Bonchev–Trinajstić information content (AvgIpc) is 2.97. The largest absolute Gasteiger partial charge is 0.362 e. The summed E-state index contributed by atoms with van der Waals surface area (Å²) in [7, 11) is -0.555. The van der Waals surface area contributed by atoms with Crippen molar-refractivity contribution >= 4 is 34.5 Å². The van der Waals surface area contributed by atoms with Crippen LogP contribution >= 0.6 is 18.9 Å². The third-order valence-electron chi connectivity index (χ3n) is 3.36. The van der Waals surface area contributed by atoms with E-state index in [-0.39, 0.29) is 0 Å². The molecular formula is C15H15N2O3PS. The Labute approximate surface area is 132 Å². The zero-order valence-electron chi connectivity index (χ0n) is 12.4. The summed E-state index contributed by atoms with van der Waals surface area (Å²) in [4.78, 5) is 9.02. The van der Waals surface area contributed by atoms with Crippen LogP contribution < -0.4 is 5.30 Å². The van der Waals surface area contributed by atoms with Crippen LogP contribution in [0.2, 0.25) is 0 Å². The van der Waals surface area contributed by atoms with Gasteiger partial charge in [0.05, 0.1) is 15.5 Å². The Balaban J connectivity index is 2.07. The molecule has 0 radical (unpaired) electrons. The van der Waals surface area contributed by atoms with E-state index in [1.54, 1.807) is 17.4 Å². The molecule has 0 amide bonds. The molecule has 1 aromatic carbocycles. The topological polar surface area (TPSA) is 61.3 Å². The van der Waals surface area contributed by atoms with Crippen molar-refractivity contribution in [1.29, 1.82) is 0 Å². The van der Waals surface area contributed by atoms with Gasteiger partial charge in [0.1, 0.15) is 10.7 Å². The van der Waals surface area contributed by atoms with Gasteiger partial charge in [0.15, 0.2) is 0 Å². The molecule has 0 saturated carbocycles. The summed E-state index contributed by atoms with van der Waals surface area (Å²) in [6.45, 7) is 1.91. The van der Waals surface area contributed by atoms with Gasteiger partial charge in [0.2, 0.25) is 0 Å². The summed E-state index contributed by atoms with van der Waals surface area (Å²) in [6.07, 6.45) is 1.53. The first-order valence-corrected chi connectivity index (χ1v) is 8.98. The normalized spacial score (nSPS) is 12.0. The van der Waals surface area contributed by atoms with Crippen molar-refractivity contribution < 1.29 is 13.6 Å². The van der Waals surface area contributed by atoms with Crippen molar-refractivity contribution in [3.05, 3.63) is 42.1 Å². The lowest BCUT2D eigenvalue weighted by molar-refractivity contribution is 0.287. The minimum Gasteiger partial charge on any atom is -0.309 e. The predicted octanol–water partition coefficient (Wildman–Crippen LogP) is 3.78. The summed E-state index contributed by atoms with van der Waals surface area (Å²) < 4.78 is 23.5. The molecule has 0 aliphatic rings. The maximum absolute atomic E-state index is 12.4. The molecule has 0 N–H and O–H groups in total. The summed E-state index contributed by atoms with van der Waals surface area (Å²) >= 11 is 1.58. The molecular weight excluding hydrogens is 319 g/mol. The lowest BCUT2D eigenvalue weighted by Gasteiger charge is -2.14. The fourth-order valence-corrected chi connectivity index (χ4v) is 4.34. The number of para-hydroxylation sites is 1. The summed E-state index contributed by atoms with van der Waals surface area (Å²) in [5, 5.41) is 1.29. The van der Waals surface area contributed by atoms with E-state index in [2.05, 4.69) is 9.97 Å². The van der Waals surface area contributed by atoms with Crippen molar-refractivity contribution in [1.82, 2.24) is 9.97 Å². The number of nitrogens with zero attached hydrogens (tertiary/aromatic N) is 2. The standard InChI is InChI=1S/C15H15N2O3PS/c1-10-8-11(21(18,19-2)20-3)9-16-14(10)15-17-12-6-4-5-7-13(12)22-15/h4-9H,1-3H3. The van der Waals surface area contributed by atoms with E-state index in [1.165, 1.54) is 20.4 Å². The molecule has 2 heterocycles. The Morgan fingerprint density at radius 3 is 2.55 bits per heavy atom. The smallest absolute Gasteiger partial charge is 0.309 e. The van der Waals surface area contributed by atoms with Crippen LogP contribution in [0, 0.1) is 6.92 Å². The second kappa shape index (κ2) is 5.89. The van der Waals surface area contributed by atoms with Crippen LogP contribution in [0.15, 0.2) is 36.5 Å². The fraction of sp³-hybridized carbons (Fsp3) is 0.200. The summed E-state index contributed by atoms with van der Waals surface area (Å²) in [6, 6.07) is 9.74. The van der Waals surface area contributed by atoms with E-state index < -0.39 is 7.60 Å². The van der Waals surface area contributed by atoms with Crippen LogP contribution in [-0.4, -0.2) is 24.2 Å². The number of aryl methyl sites for hydroxylation is 1. The van der Waals surface area contributed by atoms with Crippen LogP contribution in [0.4, 0.5) is 0 Å². The molecule has 3 aromatic rings. The van der Waals surface area contributed by atoms with Gasteiger partial charge in [0, 0.05) is 20.4 Å². The predicted molar refractivity (Wildman–Crippen MR) is 88.8 cm³/mol. The minimum atomic E-state index is -3.28. The number of thiazole rings is 1. The van der Waals surface area contributed by atoms with Crippen molar-refractivity contribution in [3.8, 4) is 10.7 Å². The lowest BCUT2D eigenvalue weighted by Crippen LogP contribution is -2.10. The number of rotatable bonds is 4. The van der Waals surface area contributed by atoms with Gasteiger partial charge in [0.25, 0.3) is 0 Å². The third kappa shape index (κ3) is 2.59. The third-order valence-corrected chi connectivity index (χ3v) is 6.24. The quantitative estimate of drug-likeness (QED) is 0.680. The Hall–Kier alpha value is -1.59. The van der Waals surface area contributed by atoms with Gasteiger partial charge in [-0.2, -0.15) is 0 Å². The second-order valence-corrected chi connectivity index (χ2v) is 7.98. The number of fused-ring (bicyclic) bond motifs is 1. The zero-order valence-corrected chi connectivity index (χ0v) is 14.1. The van der Waals surface area contributed by atoms with Crippen molar-refractivity contribution in [2.24, 2.45) is 0 Å². The maximum atomic E-state index is 12.4. The van der Waals surface area contributed by atoms with Gasteiger partial charge >= 0.3 is 7.60 Å². The van der Waals surface area contributed by atoms with Crippen LogP contribution in [-0.2, 0) is 13.6 Å². The highest BCUT2D eigenvalue weighted by Crippen LogP contribution is 2.45. The fourth-order valence-electron chi connectivity index (χ4n) is 2.19. The molecule has 22 heavy (non-hydrogen) atoms. The molecule has 5 nitrogen and oxygen atoms in total. The van der Waals surface area contributed by atoms with Crippen LogP contribution in [0.1, 0.15) is 5.56 Å². The first-order chi connectivity index (χ1) is 10.6. The van der Waals surface area contributed by atoms with Gasteiger partial charge in [-0.1, -0.05) is 12.1 Å². The van der Waals surface area contributed by atoms with E-state index in [0.29, 0.717) is 5.30 Å². The molecule has 3 rings (SSSR count). The average molecular weight is 334 g/mol. The number of pyridine rings is 1. The van der Waals surface area contributed by atoms with Crippen LogP contribution in [0.3, 0.4) is 0 Å². The second-order valence-electron chi connectivity index (χ2n) is 4.71. The SMILES string of the molecule is COP(=O)(OC)c1cnc(-c2nc3ccccc3s2)c(C)c1. The number of benzene rings is 1. The Morgan fingerprint density at radius 1 is 1.18 bits per heavy atom. The highest BCUT2D eigenvalue weighted by Gasteiger charge is 2.26. The summed E-state index contributed by atoms with van der Waals surface area (Å²) in [5.41, 5.74) is 2.61. The van der Waals surface area contributed by atoms with E-state index in [1.807, 2.05) is 31.2 Å². The van der Waals surface area contributed by atoms with Gasteiger partial charge in [-0.15, -0.1) is 11.3 Å². The van der Waals surface area contributed by atoms with E-state index in [4.69, 9.17) is 9.05 Å². The van der Waals surface area contributed by atoms with Gasteiger partial charge in [-0.05, 0) is 30.7 Å². The van der Waals surface area contributed by atoms with E-state index >= 15 is 0 Å². The van der Waals surface area contributed by atoms with Crippen molar-refractivity contribution in [2.45, 2.75) is 6.92 Å². The molecule has 0 aliphatic carbocycles. The summed E-state index contributed by atoms with van der Waals surface area (Å²) in [5.74, 6) is 0. The van der Waals surface area contributed by atoms with Gasteiger partial charge in [-0.3, -0.25) is 9.55 Å². The number of aromatic nitrogens is 2. The molecule has 0 bridgehead atoms. The van der Waals surface area contributed by atoms with E-state index in [9.17, 15) is 4.57 Å². The molecule has 0 aliphatic heterocycles. The minimum absolute atomic E-state index is 0.444. The highest BCUT2D eigenvalue weighted by atomic mass is 32.1. The highest BCUT2D eigenvalue weighted by molar-refractivity contribution is 7.62. The molecule has 114 valence electrons. The van der Waals surface area contributed by atoms with E-state index in [0.717, 1.165) is 26.5 Å².